The number of fused-ring (bicyclic) bond motifs is 1. The number of rotatable bonds is 5. The molecule has 1 unspecified atom stereocenters. The summed E-state index contributed by atoms with van der Waals surface area (Å²) in [6.07, 6.45) is 1.36. The Labute approximate surface area is 179 Å². The van der Waals surface area contributed by atoms with Gasteiger partial charge in [0.2, 0.25) is 11.9 Å². The lowest BCUT2D eigenvalue weighted by molar-refractivity contribution is 0.1000. The molecule has 1 aromatic carbocycles. The number of amides is 1. The minimum absolute atomic E-state index is 0.0873. The number of nitrogens with two attached hydrogens (primary N) is 1. The molecule has 7 nitrogen and oxygen atoms in total. The number of primary amides is 1. The highest BCUT2D eigenvalue weighted by Crippen LogP contribution is 2.32. The number of aromatic nitrogens is 3. The number of halogens is 4. The molecule has 162 valence electrons. The zero-order chi connectivity index (χ0) is 22.7. The maximum atomic E-state index is 13.2. The molecule has 0 saturated carbocycles. The van der Waals surface area contributed by atoms with Crippen molar-refractivity contribution in [3.63, 3.8) is 0 Å². The molecule has 0 spiro atoms. The molecule has 30 heavy (non-hydrogen) atoms. The number of carbonyl (C=O) groups is 1. The number of benzene rings is 1. The summed E-state index contributed by atoms with van der Waals surface area (Å²) < 4.78 is 49.3. The van der Waals surface area contributed by atoms with Gasteiger partial charge in [-0.25, -0.2) is 0 Å². The van der Waals surface area contributed by atoms with Gasteiger partial charge in [0.25, 0.3) is 5.56 Å². The Morgan fingerprint density at radius 1 is 1.27 bits per heavy atom. The SMILES string of the molecule is CC(F)(F)Sn1ccc2c(=O)[nH]c(Nc3ccc(C(N)=O)cc3)nc21.FC(F)(P)S. The average molecular weight is 481 g/mol. The van der Waals surface area contributed by atoms with E-state index in [1.165, 1.54) is 33.6 Å². The van der Waals surface area contributed by atoms with Gasteiger partial charge < -0.3 is 11.1 Å². The standard InChI is InChI=1S/C15H13F2N5O2S.CH3F2PS/c1-15(16,17)25-22-7-6-10-12(22)20-14(21-13(10)24)19-9-4-2-8(3-5-9)11(18)23;2-1(3,4)5/h2-7H,1H3,(H2,18,23)(H2,19,20,21,24);5H,4H2. The van der Waals surface area contributed by atoms with Gasteiger partial charge in [0.15, 0.2) is 5.65 Å². The van der Waals surface area contributed by atoms with Crippen LogP contribution in [0.3, 0.4) is 0 Å². The fraction of sp³-hybridized carbons (Fsp3) is 0.188. The third-order valence-electron chi connectivity index (χ3n) is 3.21. The van der Waals surface area contributed by atoms with Gasteiger partial charge in [0.05, 0.1) is 5.39 Å². The molecule has 1 amide bonds. The quantitative estimate of drug-likeness (QED) is 0.250. The normalized spacial score (nSPS) is 11.7. The van der Waals surface area contributed by atoms with Crippen molar-refractivity contribution in [3.05, 3.63) is 52.4 Å². The van der Waals surface area contributed by atoms with Crippen LogP contribution < -0.4 is 16.6 Å². The first-order chi connectivity index (χ1) is 13.7. The molecule has 3 aromatic rings. The third kappa shape index (κ3) is 7.54. The second kappa shape index (κ2) is 9.27. The van der Waals surface area contributed by atoms with E-state index in [9.17, 15) is 27.2 Å². The Kier molecular flexibility index (Phi) is 7.43. The highest BCUT2D eigenvalue weighted by molar-refractivity contribution is 7.99. The molecule has 3 rings (SSSR count). The topological polar surface area (TPSA) is 106 Å². The van der Waals surface area contributed by atoms with E-state index in [1.807, 2.05) is 0 Å². The largest absolute Gasteiger partial charge is 0.366 e. The van der Waals surface area contributed by atoms with Crippen molar-refractivity contribution in [3.8, 4) is 0 Å². The number of H-pyrrole nitrogens is 1. The van der Waals surface area contributed by atoms with Crippen LogP contribution in [0.1, 0.15) is 17.3 Å². The van der Waals surface area contributed by atoms with E-state index in [0.29, 0.717) is 11.3 Å². The zero-order valence-corrected chi connectivity index (χ0v) is 18.1. The van der Waals surface area contributed by atoms with Crippen LogP contribution in [0.4, 0.5) is 29.2 Å². The second-order valence-electron chi connectivity index (χ2n) is 5.85. The molecule has 2 aromatic heterocycles. The molecule has 14 heteroatoms. The van der Waals surface area contributed by atoms with E-state index >= 15 is 0 Å². The predicted molar refractivity (Wildman–Crippen MR) is 116 cm³/mol. The van der Waals surface area contributed by atoms with Gasteiger partial charge in [-0.3, -0.25) is 18.5 Å². The smallest absolute Gasteiger partial charge is 0.309 e. The minimum atomic E-state index is -3.02. The van der Waals surface area contributed by atoms with Crippen LogP contribution in [-0.4, -0.2) is 30.1 Å². The van der Waals surface area contributed by atoms with E-state index in [2.05, 4.69) is 27.9 Å². The lowest BCUT2D eigenvalue weighted by Crippen LogP contribution is -2.13. The maximum Gasteiger partial charge on any atom is 0.309 e. The summed E-state index contributed by atoms with van der Waals surface area (Å²) in [6, 6.07) is 7.61. The summed E-state index contributed by atoms with van der Waals surface area (Å²) >= 11 is 3.01. The van der Waals surface area contributed by atoms with E-state index in [1.54, 1.807) is 12.1 Å². The van der Waals surface area contributed by atoms with Gasteiger partial charge >= 0.3 is 10.3 Å². The predicted octanol–water partition coefficient (Wildman–Crippen LogP) is 4.02. The maximum absolute atomic E-state index is 13.2. The fourth-order valence-corrected chi connectivity index (χ4v) is 2.85. The third-order valence-corrected chi connectivity index (χ3v) is 4.02. The fourth-order valence-electron chi connectivity index (χ4n) is 2.16. The summed E-state index contributed by atoms with van der Waals surface area (Å²) in [6.45, 7) is 0.760. The molecular formula is C16H16F4N5O2PS2. The summed E-state index contributed by atoms with van der Waals surface area (Å²) in [5, 5.41) is 0.0349. The highest BCUT2D eigenvalue weighted by Gasteiger charge is 2.25. The Morgan fingerprint density at radius 2 is 1.83 bits per heavy atom. The molecule has 0 aliphatic carbocycles. The molecule has 0 bridgehead atoms. The van der Waals surface area contributed by atoms with Crippen LogP contribution in [0.2, 0.25) is 0 Å². The lowest BCUT2D eigenvalue weighted by atomic mass is 10.2. The highest BCUT2D eigenvalue weighted by atomic mass is 32.2. The molecule has 0 aliphatic rings. The number of alkyl halides is 4. The Balaban J connectivity index is 0.000000575. The number of nitrogens with one attached hydrogen (secondary N) is 2. The summed E-state index contributed by atoms with van der Waals surface area (Å²) in [4.78, 5) is 27.0. The Hall–Kier alpha value is -2.24. The van der Waals surface area contributed by atoms with E-state index in [4.69, 9.17) is 5.73 Å². The average Bonchev–Trinajstić information content (AvgIpc) is 2.95. The van der Waals surface area contributed by atoms with Gasteiger partial charge in [-0.15, -0.1) is 12.6 Å². The number of anilines is 2. The molecule has 0 aliphatic heterocycles. The van der Waals surface area contributed by atoms with Crippen LogP contribution in [0.25, 0.3) is 11.0 Å². The van der Waals surface area contributed by atoms with Crippen molar-refractivity contribution in [2.75, 3.05) is 5.32 Å². The first kappa shape index (κ1) is 24.0. The molecule has 4 N–H and O–H groups in total. The molecule has 2 heterocycles. The molecule has 0 fully saturated rings. The molecule has 0 radical (unpaired) electrons. The van der Waals surface area contributed by atoms with Crippen LogP contribution >= 0.6 is 33.8 Å². The van der Waals surface area contributed by atoms with Crippen LogP contribution in [0.5, 0.6) is 0 Å². The first-order valence-corrected chi connectivity index (χ1v) is 9.77. The minimum Gasteiger partial charge on any atom is -0.366 e. The first-order valence-electron chi connectivity index (χ1n) is 7.97. The van der Waals surface area contributed by atoms with Gasteiger partial charge in [-0.1, -0.05) is 9.24 Å². The number of carbonyl (C=O) groups excluding carboxylic acids is 1. The van der Waals surface area contributed by atoms with Crippen molar-refractivity contribution >= 4 is 62.4 Å². The molecular weight excluding hydrogens is 465 g/mol. The van der Waals surface area contributed by atoms with Crippen LogP contribution in [-0.2, 0) is 0 Å². The summed E-state index contributed by atoms with van der Waals surface area (Å²) in [5.41, 5.74) is 5.70. The Bertz CT molecular complexity index is 1090. The number of hydrogen-bond donors (Lipinski definition) is 4. The van der Waals surface area contributed by atoms with Crippen molar-refractivity contribution < 1.29 is 22.4 Å². The molecule has 0 saturated heterocycles. The van der Waals surface area contributed by atoms with Crippen molar-refractivity contribution in [2.45, 2.75) is 17.2 Å². The van der Waals surface area contributed by atoms with Gasteiger partial charge in [-0.2, -0.15) is 22.5 Å². The number of hydrogen-bond acceptors (Lipinski definition) is 6. The van der Waals surface area contributed by atoms with Crippen LogP contribution in [0.15, 0.2) is 41.3 Å². The number of aromatic amines is 1. The van der Waals surface area contributed by atoms with E-state index in [-0.39, 0.29) is 28.9 Å². The zero-order valence-electron chi connectivity index (χ0n) is 15.2. The van der Waals surface area contributed by atoms with Gasteiger partial charge in [0.1, 0.15) is 0 Å². The lowest BCUT2D eigenvalue weighted by Gasteiger charge is -2.11. The molecule has 1 atom stereocenters. The van der Waals surface area contributed by atoms with Crippen LogP contribution in [0, 0.1) is 0 Å². The summed E-state index contributed by atoms with van der Waals surface area (Å²) in [5.74, 6) is -0.473. The number of nitrogens with zero attached hydrogens (tertiary/aromatic N) is 2. The van der Waals surface area contributed by atoms with E-state index in [0.717, 1.165) is 10.9 Å². The summed E-state index contributed by atoms with van der Waals surface area (Å²) in [7, 11) is 1.25. The van der Waals surface area contributed by atoms with Gasteiger partial charge in [-0.05, 0) is 30.3 Å². The second-order valence-corrected chi connectivity index (χ2v) is 8.95. The van der Waals surface area contributed by atoms with E-state index < -0.39 is 21.7 Å². The Morgan fingerprint density at radius 3 is 2.33 bits per heavy atom. The van der Waals surface area contributed by atoms with Crippen molar-refractivity contribution in [2.24, 2.45) is 5.73 Å². The number of thiol groups is 1. The monoisotopic (exact) mass is 481 g/mol. The van der Waals surface area contributed by atoms with Crippen molar-refractivity contribution in [1.29, 1.82) is 0 Å². The van der Waals surface area contributed by atoms with Gasteiger partial charge in [0, 0.05) is 36.3 Å². The van der Waals surface area contributed by atoms with Crippen molar-refractivity contribution in [1.82, 2.24) is 13.9 Å².